The number of benzene rings is 3. The molecule has 8 heteroatoms. The maximum atomic E-state index is 8.79. The van der Waals surface area contributed by atoms with Crippen molar-refractivity contribution in [1.29, 1.82) is 0 Å². The highest BCUT2D eigenvalue weighted by Gasteiger charge is 2.09. The van der Waals surface area contributed by atoms with E-state index in [1.165, 1.54) is 0 Å². The lowest BCUT2D eigenvalue weighted by atomic mass is 10.1. The molecule has 0 atom stereocenters. The van der Waals surface area contributed by atoms with Crippen LogP contribution in [0.1, 0.15) is 0 Å². The number of nitrogens with zero attached hydrogens (tertiary/aromatic N) is 2. The second-order valence-corrected chi connectivity index (χ2v) is 9.66. The molecule has 0 amide bonds. The molecular formula is C35H36N2O6. The van der Waals surface area contributed by atoms with Crippen LogP contribution >= 0.6 is 0 Å². The van der Waals surface area contributed by atoms with E-state index in [2.05, 4.69) is 30.8 Å². The van der Waals surface area contributed by atoms with E-state index in [9.17, 15) is 0 Å². The summed E-state index contributed by atoms with van der Waals surface area (Å²) in [4.78, 5) is 10.1. The van der Waals surface area contributed by atoms with Gasteiger partial charge >= 0.3 is 0 Å². The number of ether oxygens (including phenoxy) is 5. The molecule has 2 heterocycles. The molecule has 0 bridgehead atoms. The second-order valence-electron chi connectivity index (χ2n) is 9.66. The van der Waals surface area contributed by atoms with Gasteiger partial charge in [0.25, 0.3) is 0 Å². The van der Waals surface area contributed by atoms with Crippen molar-refractivity contribution in [3.63, 3.8) is 0 Å². The van der Waals surface area contributed by atoms with E-state index in [0.29, 0.717) is 52.9 Å². The summed E-state index contributed by atoms with van der Waals surface area (Å²) in [5.74, 6) is 1.53. The molecule has 0 saturated heterocycles. The molecule has 1 N–H and O–H groups in total. The van der Waals surface area contributed by atoms with Crippen LogP contribution < -0.4 is 9.47 Å². The molecule has 222 valence electrons. The molecule has 0 aliphatic carbocycles. The van der Waals surface area contributed by atoms with Crippen LogP contribution in [0.25, 0.3) is 44.3 Å². The molecule has 0 radical (unpaired) electrons. The van der Waals surface area contributed by atoms with Gasteiger partial charge < -0.3 is 28.8 Å². The maximum absolute atomic E-state index is 8.79. The number of rotatable bonds is 17. The minimum atomic E-state index is 0.00749. The fraction of sp³-hybridized carbons (Fsp3) is 0.257. The van der Waals surface area contributed by atoms with Crippen molar-refractivity contribution in [2.75, 3.05) is 59.5 Å². The first-order chi connectivity index (χ1) is 21.2. The van der Waals surface area contributed by atoms with Crippen molar-refractivity contribution in [3.8, 4) is 34.0 Å². The van der Waals surface area contributed by atoms with Crippen LogP contribution in [0.3, 0.4) is 0 Å². The molecule has 0 aliphatic heterocycles. The number of aromatic nitrogens is 2. The molecule has 0 saturated carbocycles. The summed E-state index contributed by atoms with van der Waals surface area (Å²) in [6, 6.07) is 28.1. The van der Waals surface area contributed by atoms with Crippen molar-refractivity contribution < 1.29 is 28.8 Å². The first-order valence-corrected chi connectivity index (χ1v) is 14.4. The Morgan fingerprint density at radius 3 is 1.47 bits per heavy atom. The Kier molecular flexibility index (Phi) is 11.0. The van der Waals surface area contributed by atoms with Crippen LogP contribution in [0.2, 0.25) is 0 Å². The van der Waals surface area contributed by atoms with E-state index in [1.807, 2.05) is 60.7 Å². The molecule has 0 spiro atoms. The lowest BCUT2D eigenvalue weighted by Crippen LogP contribution is -2.10. The van der Waals surface area contributed by atoms with E-state index in [4.69, 9.17) is 38.8 Å². The zero-order valence-electron chi connectivity index (χ0n) is 24.1. The summed E-state index contributed by atoms with van der Waals surface area (Å²) >= 11 is 0. The Hall–Kier alpha value is -4.34. The predicted molar refractivity (Wildman–Crippen MR) is 169 cm³/mol. The van der Waals surface area contributed by atoms with E-state index >= 15 is 0 Å². The minimum absolute atomic E-state index is 0.00749. The first kappa shape index (κ1) is 30.1. The van der Waals surface area contributed by atoms with Crippen LogP contribution in [-0.4, -0.2) is 74.5 Å². The van der Waals surface area contributed by atoms with Crippen molar-refractivity contribution in [2.24, 2.45) is 0 Å². The zero-order chi connectivity index (χ0) is 29.7. The quantitative estimate of drug-likeness (QED) is 0.0801. The molecule has 0 aliphatic rings. The van der Waals surface area contributed by atoms with Gasteiger partial charge in [0.15, 0.2) is 0 Å². The summed E-state index contributed by atoms with van der Waals surface area (Å²) in [5, 5.41) is 10.9. The molecule has 43 heavy (non-hydrogen) atoms. The van der Waals surface area contributed by atoms with E-state index < -0.39 is 0 Å². The molecule has 8 nitrogen and oxygen atoms in total. The van der Waals surface area contributed by atoms with Crippen molar-refractivity contribution in [2.45, 2.75) is 0 Å². The molecule has 2 aromatic heterocycles. The summed E-state index contributed by atoms with van der Waals surface area (Å²) in [6.07, 6.45) is 1.72. The maximum Gasteiger partial charge on any atom is 0.119 e. The number of pyridine rings is 2. The van der Waals surface area contributed by atoms with Gasteiger partial charge in [0, 0.05) is 21.9 Å². The van der Waals surface area contributed by atoms with Crippen LogP contribution in [0.4, 0.5) is 0 Å². The Labute approximate surface area is 251 Å². The largest absolute Gasteiger partial charge is 0.491 e. The molecular weight excluding hydrogens is 544 g/mol. The number of aliphatic hydroxyl groups excluding tert-OH is 1. The lowest BCUT2D eigenvalue weighted by Gasteiger charge is -2.10. The smallest absolute Gasteiger partial charge is 0.119 e. The summed E-state index contributed by atoms with van der Waals surface area (Å²) < 4.78 is 27.6. The highest BCUT2D eigenvalue weighted by molar-refractivity contribution is 6.04. The van der Waals surface area contributed by atoms with Crippen LogP contribution in [0.15, 0.2) is 97.6 Å². The van der Waals surface area contributed by atoms with Crippen molar-refractivity contribution >= 4 is 21.8 Å². The van der Waals surface area contributed by atoms with E-state index in [-0.39, 0.29) is 6.61 Å². The topological polar surface area (TPSA) is 92.2 Å². The molecule has 0 fully saturated rings. The van der Waals surface area contributed by atoms with Crippen molar-refractivity contribution in [3.05, 3.63) is 97.6 Å². The summed E-state index contributed by atoms with van der Waals surface area (Å²) in [5.41, 5.74) is 5.42. The van der Waals surface area contributed by atoms with E-state index in [1.54, 1.807) is 6.08 Å². The number of hydrogen-bond donors (Lipinski definition) is 1. The SMILES string of the molecule is C=CCOCCOCCOc1ccc(-c2ccc3ccc4ccc(-c5ccc(OCCOCCO)cc5)nc4c3n2)cc1. The third kappa shape index (κ3) is 8.37. The monoisotopic (exact) mass is 580 g/mol. The zero-order valence-corrected chi connectivity index (χ0v) is 24.1. The van der Waals surface area contributed by atoms with Gasteiger partial charge in [-0.3, -0.25) is 0 Å². The van der Waals surface area contributed by atoms with Gasteiger partial charge in [-0.25, -0.2) is 9.97 Å². The van der Waals surface area contributed by atoms with Gasteiger partial charge in [0.1, 0.15) is 24.7 Å². The Morgan fingerprint density at radius 2 is 0.977 bits per heavy atom. The fourth-order valence-electron chi connectivity index (χ4n) is 4.52. The number of hydrogen-bond acceptors (Lipinski definition) is 8. The van der Waals surface area contributed by atoms with E-state index in [0.717, 1.165) is 55.8 Å². The molecule has 3 aromatic carbocycles. The lowest BCUT2D eigenvalue weighted by molar-refractivity contribution is 0.0449. The summed E-state index contributed by atoms with van der Waals surface area (Å²) in [7, 11) is 0. The first-order valence-electron chi connectivity index (χ1n) is 14.4. The Morgan fingerprint density at radius 1 is 0.535 bits per heavy atom. The van der Waals surface area contributed by atoms with Crippen LogP contribution in [0.5, 0.6) is 11.5 Å². The number of aliphatic hydroxyl groups is 1. The molecule has 0 unspecified atom stereocenters. The fourth-order valence-corrected chi connectivity index (χ4v) is 4.52. The molecule has 5 rings (SSSR count). The standard InChI is InChI=1S/C35H36N2O6/c1-2-18-39-20-21-41-23-25-43-31-13-7-27(8-14-31)33-16-10-29-4-3-28-9-15-32(36-34(28)35(29)37-33)26-5-11-30(12-6-26)42-24-22-40-19-17-38/h2-16,38H,1,17-25H2. The average molecular weight is 581 g/mol. The van der Waals surface area contributed by atoms with Gasteiger partial charge in [-0.05, 0) is 60.7 Å². The van der Waals surface area contributed by atoms with Gasteiger partial charge in [-0.1, -0.05) is 30.3 Å². The van der Waals surface area contributed by atoms with Gasteiger partial charge in [0.05, 0.1) is 68.7 Å². The highest BCUT2D eigenvalue weighted by Crippen LogP contribution is 2.30. The van der Waals surface area contributed by atoms with Crippen molar-refractivity contribution in [1.82, 2.24) is 9.97 Å². The average Bonchev–Trinajstić information content (AvgIpc) is 3.06. The number of fused-ring (bicyclic) bond motifs is 3. The normalized spacial score (nSPS) is 11.2. The third-order valence-corrected chi connectivity index (χ3v) is 6.66. The van der Waals surface area contributed by atoms with Crippen LogP contribution in [0, 0.1) is 0 Å². The highest BCUT2D eigenvalue weighted by atomic mass is 16.5. The Balaban J connectivity index is 1.26. The van der Waals surface area contributed by atoms with Gasteiger partial charge in [0.2, 0.25) is 0 Å². The molecule has 5 aromatic rings. The second kappa shape index (κ2) is 15.8. The Bertz CT molecular complexity index is 1610. The van der Waals surface area contributed by atoms with Crippen LogP contribution in [-0.2, 0) is 14.2 Å². The third-order valence-electron chi connectivity index (χ3n) is 6.66. The van der Waals surface area contributed by atoms with Gasteiger partial charge in [-0.15, -0.1) is 6.58 Å². The van der Waals surface area contributed by atoms with Gasteiger partial charge in [-0.2, -0.15) is 0 Å². The minimum Gasteiger partial charge on any atom is -0.491 e. The summed E-state index contributed by atoms with van der Waals surface area (Å²) in [6.45, 7) is 7.34. The predicted octanol–water partition coefficient (Wildman–Crippen LogP) is 6.10.